The van der Waals surface area contributed by atoms with E-state index in [2.05, 4.69) is 265 Å². The van der Waals surface area contributed by atoms with Crippen molar-refractivity contribution in [3.05, 3.63) is 317 Å². The number of benzene rings is 10. The van der Waals surface area contributed by atoms with E-state index in [1.54, 1.807) is 0 Å². The van der Waals surface area contributed by atoms with Gasteiger partial charge in [-0.3, -0.25) is 4.98 Å². The monoisotopic (exact) mass is 1200 g/mol. The first-order valence-corrected chi connectivity index (χ1v) is 26.2. The van der Waals surface area contributed by atoms with Crippen LogP contribution in [0.5, 0.6) is 0 Å². The molecule has 3 heterocycles. The third kappa shape index (κ3) is 10.9. The minimum Gasteiger partial charge on any atom is -0.358 e. The molecule has 3 aromatic heterocycles. The van der Waals surface area contributed by atoms with Gasteiger partial charge in [-0.25, -0.2) is 0 Å². The Balaban J connectivity index is 0.00000337. The van der Waals surface area contributed by atoms with Gasteiger partial charge in [-0.15, -0.1) is 83.4 Å². The van der Waals surface area contributed by atoms with E-state index in [-0.39, 0.29) is 27.5 Å². The van der Waals surface area contributed by atoms with Crippen molar-refractivity contribution in [3.8, 4) is 134 Å². The molecule has 10 aromatic carbocycles. The van der Waals surface area contributed by atoms with Gasteiger partial charge in [0.15, 0.2) is 0 Å². The van der Waals surface area contributed by atoms with Crippen LogP contribution in [0.2, 0.25) is 0 Å². The van der Waals surface area contributed by atoms with E-state index in [1.165, 1.54) is 5.56 Å². The summed E-state index contributed by atoms with van der Waals surface area (Å²) in [6.45, 7) is 0. The van der Waals surface area contributed by atoms with Crippen LogP contribution in [-0.2, 0) is 20.1 Å². The summed E-state index contributed by atoms with van der Waals surface area (Å²) in [4.78, 5) is 14.4. The summed E-state index contributed by atoms with van der Waals surface area (Å²) in [5.74, 6) is 0. The molecule has 0 aliphatic carbocycles. The zero-order valence-corrected chi connectivity index (χ0v) is 46.3. The summed E-state index contributed by atoms with van der Waals surface area (Å²) in [6.07, 6.45) is 3.65. The van der Waals surface area contributed by atoms with Crippen molar-refractivity contribution in [1.82, 2.24) is 15.0 Å². The second-order valence-corrected chi connectivity index (χ2v) is 19.2. The van der Waals surface area contributed by atoms with Gasteiger partial charge in [0, 0.05) is 32.5 Å². The van der Waals surface area contributed by atoms with Gasteiger partial charge in [0.05, 0.1) is 5.69 Å². The Morgan fingerprint density at radius 3 is 1.10 bits per heavy atom. The molecule has 4 heteroatoms. The van der Waals surface area contributed by atoms with E-state index < -0.39 is 0 Å². The average Bonchev–Trinajstić information content (AvgIpc) is 3.63. The molecule has 1 radical (unpaired) electrons. The number of pyridine rings is 3. The maximum atomic E-state index is 5.20. The molecule has 0 unspecified atom stereocenters. The number of aromatic nitrogens is 3. The Morgan fingerprint density at radius 2 is 0.613 bits per heavy atom. The standard InChI is InChI=1S/C75H48N3.CH3.Ir/c1-3-18-52(19-4-1)53-32-34-56(35-33-53)71-51-60(75-31-17-30-74(78-75)57-20-5-2-6-21-57)44-45-70(71)69-27-12-11-26-68(69)63-49-61(66-24-9-7-22-64(66)54-36-40-58(41-37-54)72-28-13-15-46-76-72)48-62(50-63)67-25-10-8-23-65(67)55-38-42-59(43-39-55)73-29-14-16-47-77-73;;/h1-40,42,45-51H;1H3;/q-3;-1;. The van der Waals surface area contributed by atoms with Crippen LogP contribution < -0.4 is 0 Å². The molecule has 0 saturated heterocycles. The first-order chi connectivity index (χ1) is 38.7. The van der Waals surface area contributed by atoms with Crippen molar-refractivity contribution in [2.45, 2.75) is 0 Å². The van der Waals surface area contributed by atoms with Crippen molar-refractivity contribution in [2.75, 3.05) is 0 Å². The molecule has 13 aromatic rings. The van der Waals surface area contributed by atoms with E-state index >= 15 is 0 Å². The largest absolute Gasteiger partial charge is 0.358 e. The number of nitrogens with zero attached hydrogens (tertiary/aromatic N) is 3. The SMILES string of the molecule is [CH3-].[Ir].[c-]1cc(-c2ccccc2-c2cc(-c3ccccc3-c3c[c-]c(-c4ccccn4)cc3)cc(-c3ccccc3-c3c[c-]c(-c4cccc(-c5ccccc5)n4)cc3-c3ccc(-c4ccccc4)cc3)c2)ccc1-c1ccccn1. The fourth-order valence-electron chi connectivity index (χ4n) is 10.5. The molecule has 13 rings (SSSR count). The van der Waals surface area contributed by atoms with Gasteiger partial charge >= 0.3 is 0 Å². The first-order valence-electron chi connectivity index (χ1n) is 26.2. The molecule has 0 saturated carbocycles. The fourth-order valence-corrected chi connectivity index (χ4v) is 10.5. The Bertz CT molecular complexity index is 4060. The van der Waals surface area contributed by atoms with Crippen LogP contribution in [0.3, 0.4) is 0 Å². The van der Waals surface area contributed by atoms with Gasteiger partial charge in [-0.1, -0.05) is 233 Å². The number of hydrogen-bond acceptors (Lipinski definition) is 3. The van der Waals surface area contributed by atoms with Gasteiger partial charge < -0.3 is 17.4 Å². The van der Waals surface area contributed by atoms with Crippen LogP contribution in [0.1, 0.15) is 0 Å². The quantitative estimate of drug-likeness (QED) is 0.114. The third-order valence-corrected chi connectivity index (χ3v) is 14.4. The van der Waals surface area contributed by atoms with E-state index in [1.807, 2.05) is 54.9 Å². The van der Waals surface area contributed by atoms with Crippen LogP contribution in [-0.4, -0.2) is 15.0 Å². The summed E-state index contributed by atoms with van der Waals surface area (Å²) in [7, 11) is 0. The Kier molecular flexibility index (Phi) is 15.6. The minimum atomic E-state index is 0. The molecule has 0 atom stereocenters. The van der Waals surface area contributed by atoms with E-state index in [0.29, 0.717) is 0 Å². The van der Waals surface area contributed by atoms with Gasteiger partial charge in [0.2, 0.25) is 0 Å². The second kappa shape index (κ2) is 23.9. The summed E-state index contributed by atoms with van der Waals surface area (Å²) >= 11 is 0. The summed E-state index contributed by atoms with van der Waals surface area (Å²) < 4.78 is 0. The van der Waals surface area contributed by atoms with E-state index in [9.17, 15) is 0 Å². The Labute approximate surface area is 483 Å². The molecule has 3 nitrogen and oxygen atoms in total. The first kappa shape index (κ1) is 52.4. The summed E-state index contributed by atoms with van der Waals surface area (Å²) in [5.41, 5.74) is 25.1. The van der Waals surface area contributed by atoms with Crippen LogP contribution in [0, 0.1) is 25.6 Å². The fraction of sp³-hybridized carbons (Fsp3) is 0. The molecule has 383 valence electrons. The maximum absolute atomic E-state index is 5.20. The molecule has 0 spiro atoms. The Hall–Kier alpha value is -9.70. The van der Waals surface area contributed by atoms with Crippen LogP contribution >= 0.6 is 0 Å². The van der Waals surface area contributed by atoms with Crippen molar-refractivity contribution in [2.24, 2.45) is 0 Å². The van der Waals surface area contributed by atoms with E-state index in [4.69, 9.17) is 4.98 Å². The van der Waals surface area contributed by atoms with Gasteiger partial charge in [0.25, 0.3) is 0 Å². The van der Waals surface area contributed by atoms with Crippen LogP contribution in [0.4, 0.5) is 0 Å². The molecule has 0 N–H and O–H groups in total. The van der Waals surface area contributed by atoms with E-state index in [0.717, 1.165) is 128 Å². The molecule has 0 aliphatic heterocycles. The predicted molar refractivity (Wildman–Crippen MR) is 328 cm³/mol. The van der Waals surface area contributed by atoms with Crippen molar-refractivity contribution in [3.63, 3.8) is 0 Å². The zero-order chi connectivity index (χ0) is 52.0. The molecule has 0 fully saturated rings. The zero-order valence-electron chi connectivity index (χ0n) is 43.9. The maximum Gasteiger partial charge on any atom is 0.0595 e. The van der Waals surface area contributed by atoms with Crippen LogP contribution in [0.25, 0.3) is 134 Å². The van der Waals surface area contributed by atoms with Crippen LogP contribution in [0.15, 0.2) is 291 Å². The number of rotatable bonds is 12. The van der Waals surface area contributed by atoms with Crippen molar-refractivity contribution in [1.29, 1.82) is 0 Å². The Morgan fingerprint density at radius 1 is 0.225 bits per heavy atom. The van der Waals surface area contributed by atoms with Gasteiger partial charge in [-0.05, 0) is 109 Å². The second-order valence-electron chi connectivity index (χ2n) is 19.2. The van der Waals surface area contributed by atoms with Crippen molar-refractivity contribution >= 4 is 0 Å². The smallest absolute Gasteiger partial charge is 0.0595 e. The minimum absolute atomic E-state index is 0. The predicted octanol–water partition coefficient (Wildman–Crippen LogP) is 19.7. The van der Waals surface area contributed by atoms with Gasteiger partial charge in [-0.2, -0.15) is 0 Å². The molecular formula is C76H51IrN3-4. The molecule has 0 bridgehead atoms. The molecular weight excluding hydrogens is 1150 g/mol. The molecule has 0 aliphatic rings. The molecule has 0 amide bonds. The van der Waals surface area contributed by atoms with Crippen molar-refractivity contribution < 1.29 is 20.1 Å². The topological polar surface area (TPSA) is 38.7 Å². The summed E-state index contributed by atoms with van der Waals surface area (Å²) in [6, 6.07) is 109. The summed E-state index contributed by atoms with van der Waals surface area (Å²) in [5, 5.41) is 0. The van der Waals surface area contributed by atoms with Gasteiger partial charge in [0.1, 0.15) is 0 Å². The average molecular weight is 1200 g/mol. The number of hydrogen-bond donors (Lipinski definition) is 0. The third-order valence-electron chi connectivity index (χ3n) is 14.4. The normalized spacial score (nSPS) is 10.8. The molecule has 80 heavy (non-hydrogen) atoms.